The van der Waals surface area contributed by atoms with Gasteiger partial charge in [0.25, 0.3) is 0 Å². The van der Waals surface area contributed by atoms with Crippen molar-refractivity contribution in [3.05, 3.63) is 0 Å². The first kappa shape index (κ1) is 5.23. The van der Waals surface area contributed by atoms with Gasteiger partial charge in [0, 0.05) is 5.92 Å². The summed E-state index contributed by atoms with van der Waals surface area (Å²) in [6, 6.07) is 0. The molecule has 0 aromatic rings. The van der Waals surface area contributed by atoms with Crippen LogP contribution in [0.4, 0.5) is 0 Å². The van der Waals surface area contributed by atoms with Crippen LogP contribution < -0.4 is 5.73 Å². The first-order valence-corrected chi connectivity index (χ1v) is 3.13. The maximum Gasteiger partial charge on any atom is 0.226 e. The summed E-state index contributed by atoms with van der Waals surface area (Å²) in [7, 11) is 0. The zero-order chi connectivity index (χ0) is 6.48. The lowest BCUT2D eigenvalue weighted by Gasteiger charge is -2.02. The Kier molecular flexibility index (Phi) is 0.750. The number of primary amides is 1. The number of hydrogen-bond acceptors (Lipinski definition) is 2. The number of amides is 1. The molecule has 1 heterocycles. The van der Waals surface area contributed by atoms with E-state index in [2.05, 4.69) is 0 Å². The third-order valence-corrected chi connectivity index (χ3v) is 2.40. The van der Waals surface area contributed by atoms with E-state index in [9.17, 15) is 4.79 Å². The van der Waals surface area contributed by atoms with Crippen molar-refractivity contribution in [2.45, 2.75) is 6.42 Å². The van der Waals surface area contributed by atoms with Crippen LogP contribution in [0.5, 0.6) is 0 Å². The molecule has 2 fully saturated rings. The predicted octanol–water partition coefficient (Wildman–Crippen LogP) is -0.492. The monoisotopic (exact) mass is 127 g/mol. The lowest BCUT2D eigenvalue weighted by atomic mass is 10.1. The highest BCUT2D eigenvalue weighted by Crippen LogP contribution is 2.56. The minimum Gasteiger partial charge on any atom is -0.380 e. The maximum absolute atomic E-state index is 10.7. The van der Waals surface area contributed by atoms with E-state index in [1.165, 1.54) is 0 Å². The Hall–Kier alpha value is -0.570. The average Bonchev–Trinajstić information content (AvgIpc) is 2.38. The average molecular weight is 127 g/mol. The largest absolute Gasteiger partial charge is 0.380 e. The van der Waals surface area contributed by atoms with Gasteiger partial charge in [-0.3, -0.25) is 4.79 Å². The number of fused-ring (bicyclic) bond motifs is 1. The van der Waals surface area contributed by atoms with E-state index in [1.807, 2.05) is 0 Å². The minimum atomic E-state index is -0.222. The predicted molar refractivity (Wildman–Crippen MR) is 30.6 cm³/mol. The van der Waals surface area contributed by atoms with Gasteiger partial charge in [-0.2, -0.15) is 0 Å². The van der Waals surface area contributed by atoms with Crippen LogP contribution in [0.15, 0.2) is 0 Å². The Morgan fingerprint density at radius 2 is 2.56 bits per heavy atom. The molecular formula is C6H9NO2. The second-order valence-corrected chi connectivity index (χ2v) is 2.94. The van der Waals surface area contributed by atoms with Crippen molar-refractivity contribution in [3.8, 4) is 0 Å². The second kappa shape index (κ2) is 1.29. The molecule has 2 atom stereocenters. The van der Waals surface area contributed by atoms with E-state index in [-0.39, 0.29) is 11.3 Å². The molecule has 2 aliphatic rings. The standard InChI is InChI=1S/C6H9NO2/c7-5(8)6-1-4(6)2-9-3-6/h4H,1-3H2,(H2,7,8)/t4-,6-/m1/s1. The molecule has 0 aromatic heterocycles. The quantitative estimate of drug-likeness (QED) is 0.516. The normalized spacial score (nSPS) is 46.4. The number of ether oxygens (including phenoxy) is 1. The van der Waals surface area contributed by atoms with Gasteiger partial charge < -0.3 is 10.5 Å². The van der Waals surface area contributed by atoms with Crippen molar-refractivity contribution < 1.29 is 9.53 Å². The van der Waals surface area contributed by atoms with Crippen LogP contribution in [0, 0.1) is 11.3 Å². The molecule has 2 N–H and O–H groups in total. The molecule has 0 unspecified atom stereocenters. The summed E-state index contributed by atoms with van der Waals surface area (Å²) in [5, 5.41) is 0. The number of nitrogens with two attached hydrogens (primary N) is 1. The first-order valence-electron chi connectivity index (χ1n) is 3.13. The van der Waals surface area contributed by atoms with Crippen LogP contribution in [0.1, 0.15) is 6.42 Å². The second-order valence-electron chi connectivity index (χ2n) is 2.94. The molecular weight excluding hydrogens is 118 g/mol. The van der Waals surface area contributed by atoms with Crippen molar-refractivity contribution in [3.63, 3.8) is 0 Å². The molecule has 50 valence electrons. The topological polar surface area (TPSA) is 52.3 Å². The van der Waals surface area contributed by atoms with Gasteiger partial charge in [-0.15, -0.1) is 0 Å². The van der Waals surface area contributed by atoms with Gasteiger partial charge >= 0.3 is 0 Å². The molecule has 3 nitrogen and oxygen atoms in total. The van der Waals surface area contributed by atoms with Gasteiger partial charge in [-0.25, -0.2) is 0 Å². The third kappa shape index (κ3) is 0.477. The van der Waals surface area contributed by atoms with Gasteiger partial charge in [-0.1, -0.05) is 0 Å². The summed E-state index contributed by atoms with van der Waals surface area (Å²) in [5.74, 6) is 0.278. The lowest BCUT2D eigenvalue weighted by Crippen LogP contribution is -2.27. The highest BCUT2D eigenvalue weighted by Gasteiger charge is 2.62. The van der Waals surface area contributed by atoms with E-state index < -0.39 is 0 Å². The van der Waals surface area contributed by atoms with Crippen LogP contribution in [0.25, 0.3) is 0 Å². The Bertz CT molecular complexity index is 168. The number of rotatable bonds is 1. The van der Waals surface area contributed by atoms with Crippen LogP contribution >= 0.6 is 0 Å². The summed E-state index contributed by atoms with van der Waals surface area (Å²) in [4.78, 5) is 10.7. The number of hydrogen-bond donors (Lipinski definition) is 1. The lowest BCUT2D eigenvalue weighted by molar-refractivity contribution is -0.123. The van der Waals surface area contributed by atoms with Crippen molar-refractivity contribution in [1.82, 2.24) is 0 Å². The van der Waals surface area contributed by atoms with E-state index in [0.717, 1.165) is 13.0 Å². The number of carbonyl (C=O) groups excluding carboxylic acids is 1. The zero-order valence-corrected chi connectivity index (χ0v) is 5.09. The Labute approximate surface area is 53.2 Å². The SMILES string of the molecule is NC(=O)[C@]12COC[C@H]1C2. The smallest absolute Gasteiger partial charge is 0.226 e. The highest BCUT2D eigenvalue weighted by molar-refractivity contribution is 5.84. The Balaban J connectivity index is 2.19. The van der Waals surface area contributed by atoms with Gasteiger partial charge in [0.05, 0.1) is 18.6 Å². The summed E-state index contributed by atoms with van der Waals surface area (Å²) in [5.41, 5.74) is 4.93. The fourth-order valence-corrected chi connectivity index (χ4v) is 1.53. The molecule has 0 radical (unpaired) electrons. The van der Waals surface area contributed by atoms with Crippen LogP contribution in [-0.2, 0) is 9.53 Å². The summed E-state index contributed by atoms with van der Waals surface area (Å²) in [6.45, 7) is 1.30. The van der Waals surface area contributed by atoms with Gasteiger partial charge in [0.1, 0.15) is 0 Å². The van der Waals surface area contributed by atoms with Gasteiger partial charge in [0.2, 0.25) is 5.91 Å². The van der Waals surface area contributed by atoms with E-state index in [4.69, 9.17) is 10.5 Å². The van der Waals surface area contributed by atoms with Crippen molar-refractivity contribution in [2.75, 3.05) is 13.2 Å². The summed E-state index contributed by atoms with van der Waals surface area (Å²) in [6.07, 6.45) is 0.961. The van der Waals surface area contributed by atoms with E-state index >= 15 is 0 Å². The highest BCUT2D eigenvalue weighted by atomic mass is 16.5. The molecule has 0 spiro atoms. The van der Waals surface area contributed by atoms with Crippen molar-refractivity contribution in [1.29, 1.82) is 0 Å². The molecule has 0 bridgehead atoms. The Morgan fingerprint density at radius 1 is 1.78 bits per heavy atom. The fraction of sp³-hybridized carbons (Fsp3) is 0.833. The molecule has 1 aliphatic heterocycles. The molecule has 1 aliphatic carbocycles. The maximum atomic E-state index is 10.7. The molecule has 1 amide bonds. The molecule has 3 heteroatoms. The summed E-state index contributed by atoms with van der Waals surface area (Å²) >= 11 is 0. The first-order chi connectivity index (χ1) is 4.26. The van der Waals surface area contributed by atoms with E-state index in [1.54, 1.807) is 0 Å². The molecule has 9 heavy (non-hydrogen) atoms. The van der Waals surface area contributed by atoms with Crippen molar-refractivity contribution >= 4 is 5.91 Å². The summed E-state index contributed by atoms with van der Waals surface area (Å²) < 4.78 is 5.07. The third-order valence-electron chi connectivity index (χ3n) is 2.40. The van der Waals surface area contributed by atoms with Crippen LogP contribution in [0.2, 0.25) is 0 Å². The van der Waals surface area contributed by atoms with E-state index in [0.29, 0.717) is 12.5 Å². The fourth-order valence-electron chi connectivity index (χ4n) is 1.53. The molecule has 0 aromatic carbocycles. The Morgan fingerprint density at radius 3 is 2.78 bits per heavy atom. The molecule has 1 saturated carbocycles. The molecule has 1 saturated heterocycles. The van der Waals surface area contributed by atoms with Gasteiger partial charge in [-0.05, 0) is 6.42 Å². The van der Waals surface area contributed by atoms with Crippen LogP contribution in [0.3, 0.4) is 0 Å². The van der Waals surface area contributed by atoms with Crippen molar-refractivity contribution in [2.24, 2.45) is 17.1 Å². The zero-order valence-electron chi connectivity index (χ0n) is 5.09. The molecule has 2 rings (SSSR count). The van der Waals surface area contributed by atoms with Gasteiger partial charge in [0.15, 0.2) is 0 Å². The van der Waals surface area contributed by atoms with Crippen LogP contribution in [-0.4, -0.2) is 19.1 Å². The number of carbonyl (C=O) groups is 1. The minimum absolute atomic E-state index is 0.176.